The van der Waals surface area contributed by atoms with Gasteiger partial charge in [0, 0.05) is 12.6 Å². The molecule has 0 spiro atoms. The van der Waals surface area contributed by atoms with Gasteiger partial charge in [-0.1, -0.05) is 13.8 Å². The molecule has 1 aliphatic rings. The molecular weight excluding hydrogens is 214 g/mol. The van der Waals surface area contributed by atoms with Gasteiger partial charge in [-0.05, 0) is 45.2 Å². The van der Waals surface area contributed by atoms with Crippen molar-refractivity contribution in [2.24, 2.45) is 11.7 Å². The van der Waals surface area contributed by atoms with Crippen molar-refractivity contribution < 1.29 is 4.79 Å². The molecular formula is C13H27N3O. The Balaban J connectivity index is 2.40. The van der Waals surface area contributed by atoms with Crippen LogP contribution in [0.5, 0.6) is 0 Å². The van der Waals surface area contributed by atoms with E-state index in [0.29, 0.717) is 6.04 Å². The topological polar surface area (TPSA) is 58.4 Å². The minimum absolute atomic E-state index is 0.218. The van der Waals surface area contributed by atoms with Gasteiger partial charge in [-0.2, -0.15) is 0 Å². The number of hydrogen-bond acceptors (Lipinski definition) is 3. The number of carbonyl (C=O) groups is 1. The first-order chi connectivity index (χ1) is 8.04. The minimum Gasteiger partial charge on any atom is -0.368 e. The van der Waals surface area contributed by atoms with Crippen LogP contribution in [0.15, 0.2) is 0 Å². The Bertz CT molecular complexity index is 237. The van der Waals surface area contributed by atoms with Gasteiger partial charge in [0.15, 0.2) is 0 Å². The van der Waals surface area contributed by atoms with Gasteiger partial charge < -0.3 is 16.0 Å². The van der Waals surface area contributed by atoms with Gasteiger partial charge in [0.25, 0.3) is 0 Å². The summed E-state index contributed by atoms with van der Waals surface area (Å²) in [5.74, 6) is 0.614. The third kappa shape index (κ3) is 4.64. The van der Waals surface area contributed by atoms with E-state index in [1.165, 1.54) is 25.7 Å². The molecule has 0 aliphatic heterocycles. The largest absolute Gasteiger partial charge is 0.368 e. The van der Waals surface area contributed by atoms with Crippen LogP contribution in [0.1, 0.15) is 39.5 Å². The first kappa shape index (κ1) is 14.5. The molecule has 0 aromatic carbocycles. The van der Waals surface area contributed by atoms with Crippen molar-refractivity contribution in [1.82, 2.24) is 10.2 Å². The highest BCUT2D eigenvalue weighted by molar-refractivity contribution is 5.80. The number of nitrogens with one attached hydrogen (secondary N) is 1. The fourth-order valence-electron chi connectivity index (χ4n) is 2.62. The number of nitrogens with two attached hydrogens (primary N) is 1. The number of likely N-dealkylation sites (N-methyl/N-ethyl adjacent to an activating group) is 2. The van der Waals surface area contributed by atoms with E-state index in [4.69, 9.17) is 5.73 Å². The molecule has 0 heterocycles. The average Bonchev–Trinajstić information content (AvgIpc) is 2.29. The van der Waals surface area contributed by atoms with E-state index in [-0.39, 0.29) is 11.9 Å². The molecule has 100 valence electrons. The number of nitrogens with zero attached hydrogens (tertiary/aromatic N) is 1. The van der Waals surface area contributed by atoms with Crippen molar-refractivity contribution in [1.29, 1.82) is 0 Å². The van der Waals surface area contributed by atoms with Gasteiger partial charge in [-0.25, -0.2) is 0 Å². The maximum Gasteiger partial charge on any atom is 0.235 e. The highest BCUT2D eigenvalue weighted by Crippen LogP contribution is 2.26. The van der Waals surface area contributed by atoms with Crippen molar-refractivity contribution in [3.8, 4) is 0 Å². The van der Waals surface area contributed by atoms with Crippen LogP contribution < -0.4 is 11.1 Å². The quantitative estimate of drug-likeness (QED) is 0.728. The highest BCUT2D eigenvalue weighted by Gasteiger charge is 2.24. The maximum atomic E-state index is 11.3. The van der Waals surface area contributed by atoms with Crippen molar-refractivity contribution in [3.63, 3.8) is 0 Å². The Kier molecular flexibility index (Phi) is 5.92. The van der Waals surface area contributed by atoms with Gasteiger partial charge in [-0.15, -0.1) is 0 Å². The van der Waals surface area contributed by atoms with Crippen molar-refractivity contribution in [2.45, 2.75) is 51.6 Å². The highest BCUT2D eigenvalue weighted by atomic mass is 16.1. The third-order valence-corrected chi connectivity index (χ3v) is 3.87. The number of rotatable bonds is 6. The molecule has 1 amide bonds. The fraction of sp³-hybridized carbons (Fsp3) is 0.923. The van der Waals surface area contributed by atoms with Gasteiger partial charge in [0.2, 0.25) is 5.91 Å². The summed E-state index contributed by atoms with van der Waals surface area (Å²) in [6, 6.07) is 0.399. The Hall–Kier alpha value is -0.610. The van der Waals surface area contributed by atoms with Gasteiger partial charge >= 0.3 is 0 Å². The summed E-state index contributed by atoms with van der Waals surface area (Å²) < 4.78 is 0. The van der Waals surface area contributed by atoms with E-state index in [1.54, 1.807) is 0 Å². The predicted octanol–water partition coefficient (Wildman–Crippen LogP) is 0.960. The van der Waals surface area contributed by atoms with E-state index in [2.05, 4.69) is 24.2 Å². The second-order valence-electron chi connectivity index (χ2n) is 5.37. The van der Waals surface area contributed by atoms with Crippen LogP contribution >= 0.6 is 0 Å². The zero-order chi connectivity index (χ0) is 12.8. The molecule has 1 saturated carbocycles. The van der Waals surface area contributed by atoms with Crippen molar-refractivity contribution in [3.05, 3.63) is 0 Å². The average molecular weight is 241 g/mol. The molecule has 1 unspecified atom stereocenters. The first-order valence-corrected chi connectivity index (χ1v) is 6.77. The Morgan fingerprint density at radius 1 is 1.41 bits per heavy atom. The smallest absolute Gasteiger partial charge is 0.235 e. The fourth-order valence-corrected chi connectivity index (χ4v) is 2.62. The number of primary amides is 1. The van der Waals surface area contributed by atoms with Gasteiger partial charge in [0.05, 0.1) is 6.04 Å². The molecule has 1 rings (SSSR count). The summed E-state index contributed by atoms with van der Waals surface area (Å²) >= 11 is 0. The van der Waals surface area contributed by atoms with Crippen molar-refractivity contribution in [2.75, 3.05) is 20.1 Å². The molecule has 1 atom stereocenters. The molecule has 0 bridgehead atoms. The number of amides is 1. The lowest BCUT2D eigenvalue weighted by Crippen LogP contribution is -2.50. The number of carbonyl (C=O) groups excluding carboxylic acids is 1. The summed E-state index contributed by atoms with van der Waals surface area (Å²) in [6.45, 7) is 5.82. The van der Waals surface area contributed by atoms with Crippen molar-refractivity contribution >= 4 is 5.91 Å². The third-order valence-electron chi connectivity index (χ3n) is 3.87. The zero-order valence-corrected chi connectivity index (χ0v) is 11.4. The Morgan fingerprint density at radius 3 is 2.47 bits per heavy atom. The van der Waals surface area contributed by atoms with Crippen LogP contribution in [0.25, 0.3) is 0 Å². The predicted molar refractivity (Wildman–Crippen MR) is 70.7 cm³/mol. The second-order valence-corrected chi connectivity index (χ2v) is 5.37. The standard InChI is InChI=1S/C13H27N3O/c1-4-15-12(13(14)17)9-16(3)11-7-5-10(2)6-8-11/h10-12,15H,4-9H2,1-3H3,(H2,14,17). The van der Waals surface area contributed by atoms with E-state index in [0.717, 1.165) is 19.0 Å². The van der Waals surface area contributed by atoms with Gasteiger partial charge in [0.1, 0.15) is 0 Å². The molecule has 1 fully saturated rings. The van der Waals surface area contributed by atoms with E-state index in [9.17, 15) is 4.79 Å². The molecule has 4 heteroatoms. The maximum absolute atomic E-state index is 11.3. The van der Waals surface area contributed by atoms with Gasteiger partial charge in [-0.3, -0.25) is 4.79 Å². The van der Waals surface area contributed by atoms with Crippen LogP contribution in [0.4, 0.5) is 0 Å². The van der Waals surface area contributed by atoms with Crippen LogP contribution in [0, 0.1) is 5.92 Å². The van der Waals surface area contributed by atoms with Crippen LogP contribution in [0.3, 0.4) is 0 Å². The van der Waals surface area contributed by atoms with E-state index >= 15 is 0 Å². The first-order valence-electron chi connectivity index (χ1n) is 6.77. The summed E-state index contributed by atoms with van der Waals surface area (Å²) in [4.78, 5) is 13.6. The molecule has 4 nitrogen and oxygen atoms in total. The molecule has 1 aliphatic carbocycles. The molecule has 0 radical (unpaired) electrons. The zero-order valence-electron chi connectivity index (χ0n) is 11.4. The van der Waals surface area contributed by atoms with E-state index in [1.807, 2.05) is 6.92 Å². The Morgan fingerprint density at radius 2 is 2.00 bits per heavy atom. The second kappa shape index (κ2) is 6.97. The monoisotopic (exact) mass is 241 g/mol. The number of hydrogen-bond donors (Lipinski definition) is 2. The Labute approximate surface area is 105 Å². The summed E-state index contributed by atoms with van der Waals surface area (Å²) in [7, 11) is 2.11. The van der Waals surface area contributed by atoms with E-state index < -0.39 is 0 Å². The molecule has 0 aromatic rings. The minimum atomic E-state index is -0.247. The molecule has 0 aromatic heterocycles. The lowest BCUT2D eigenvalue weighted by atomic mass is 9.86. The summed E-state index contributed by atoms with van der Waals surface area (Å²) in [5, 5.41) is 3.14. The van der Waals surface area contributed by atoms with Crippen LogP contribution in [0.2, 0.25) is 0 Å². The molecule has 17 heavy (non-hydrogen) atoms. The molecule has 3 N–H and O–H groups in total. The van der Waals surface area contributed by atoms with Crippen LogP contribution in [-0.4, -0.2) is 43.0 Å². The molecule has 0 saturated heterocycles. The SMILES string of the molecule is CCNC(CN(C)C1CCC(C)CC1)C(N)=O. The van der Waals surface area contributed by atoms with Crippen LogP contribution in [-0.2, 0) is 4.79 Å². The lowest BCUT2D eigenvalue weighted by Gasteiger charge is -2.35. The normalized spacial score (nSPS) is 27.1. The summed E-state index contributed by atoms with van der Waals surface area (Å²) in [6.07, 6.45) is 5.10. The summed E-state index contributed by atoms with van der Waals surface area (Å²) in [5.41, 5.74) is 5.39. The lowest BCUT2D eigenvalue weighted by molar-refractivity contribution is -0.120.